The summed E-state index contributed by atoms with van der Waals surface area (Å²) in [5.41, 5.74) is 0. The maximum Gasteiger partial charge on any atom is 0.153 e. The lowest BCUT2D eigenvalue weighted by Gasteiger charge is -2.18. The number of hydrogen-bond acceptors (Lipinski definition) is 4. The van der Waals surface area contributed by atoms with E-state index in [4.69, 9.17) is 5.26 Å². The second-order valence-corrected chi connectivity index (χ2v) is 6.53. The van der Waals surface area contributed by atoms with Crippen molar-refractivity contribution in [1.82, 2.24) is 4.90 Å². The zero-order valence-electron chi connectivity index (χ0n) is 9.73. The van der Waals surface area contributed by atoms with Crippen molar-refractivity contribution in [2.45, 2.75) is 32.4 Å². The molecule has 0 aliphatic rings. The highest BCUT2D eigenvalue weighted by molar-refractivity contribution is 7.92. The van der Waals surface area contributed by atoms with Crippen molar-refractivity contribution in [1.29, 1.82) is 5.26 Å². The minimum Gasteiger partial charge on any atom is -0.290 e. The van der Waals surface area contributed by atoms with Gasteiger partial charge in [-0.3, -0.25) is 4.90 Å². The van der Waals surface area contributed by atoms with Crippen molar-refractivity contribution in [2.24, 2.45) is 0 Å². The Balaban J connectivity index is 4.16. The second-order valence-electron chi connectivity index (χ2n) is 3.85. The summed E-state index contributed by atoms with van der Waals surface area (Å²) < 4.78 is 23.1. The Morgan fingerprint density at radius 1 is 1.33 bits per heavy atom. The van der Waals surface area contributed by atoms with E-state index in [1.54, 1.807) is 13.8 Å². The van der Waals surface area contributed by atoms with Gasteiger partial charge in [0.25, 0.3) is 0 Å². The third-order valence-electron chi connectivity index (χ3n) is 2.24. The van der Waals surface area contributed by atoms with E-state index in [0.29, 0.717) is 13.1 Å². The fourth-order valence-corrected chi connectivity index (χ4v) is 2.16. The van der Waals surface area contributed by atoms with Gasteiger partial charge in [0.15, 0.2) is 9.84 Å². The predicted octanol–water partition coefficient (Wildman–Crippen LogP) is 1.05. The lowest BCUT2D eigenvalue weighted by atomic mass is 10.4. The normalized spacial score (nSPS) is 12.0. The van der Waals surface area contributed by atoms with Crippen LogP contribution in [0, 0.1) is 11.3 Å². The minimum atomic E-state index is -2.98. The maximum atomic E-state index is 11.5. The fraction of sp³-hybridized carbons (Fsp3) is 0.900. The van der Waals surface area contributed by atoms with Crippen molar-refractivity contribution >= 4 is 9.84 Å². The first-order chi connectivity index (χ1) is 6.94. The first kappa shape index (κ1) is 14.4. The molecule has 0 saturated heterocycles. The van der Waals surface area contributed by atoms with Gasteiger partial charge in [0.05, 0.1) is 23.6 Å². The van der Waals surface area contributed by atoms with Crippen LogP contribution in [0.25, 0.3) is 0 Å². The first-order valence-electron chi connectivity index (χ1n) is 5.25. The van der Waals surface area contributed by atoms with Crippen LogP contribution in [0.2, 0.25) is 0 Å². The van der Waals surface area contributed by atoms with E-state index in [-0.39, 0.29) is 11.0 Å². The van der Waals surface area contributed by atoms with Crippen LogP contribution in [0.1, 0.15) is 27.2 Å². The molecule has 0 heterocycles. The van der Waals surface area contributed by atoms with E-state index in [2.05, 4.69) is 0 Å². The Labute approximate surface area is 92.8 Å². The monoisotopic (exact) mass is 232 g/mol. The Bertz CT molecular complexity index is 304. The van der Waals surface area contributed by atoms with Crippen LogP contribution in [-0.2, 0) is 9.84 Å². The molecule has 0 amide bonds. The van der Waals surface area contributed by atoms with Crippen LogP contribution in [0.5, 0.6) is 0 Å². The van der Waals surface area contributed by atoms with E-state index in [9.17, 15) is 8.42 Å². The molecule has 0 unspecified atom stereocenters. The number of hydrogen-bond donors (Lipinski definition) is 0. The Morgan fingerprint density at radius 2 is 1.93 bits per heavy atom. The number of rotatable bonds is 7. The van der Waals surface area contributed by atoms with Gasteiger partial charge in [0.1, 0.15) is 0 Å². The summed E-state index contributed by atoms with van der Waals surface area (Å²) in [6, 6.07) is 2.05. The molecule has 0 saturated carbocycles. The van der Waals surface area contributed by atoms with Crippen LogP contribution in [0.4, 0.5) is 0 Å². The summed E-state index contributed by atoms with van der Waals surface area (Å²) in [6.07, 6.45) is 0.934. The smallest absolute Gasteiger partial charge is 0.153 e. The fourth-order valence-electron chi connectivity index (χ4n) is 1.18. The van der Waals surface area contributed by atoms with Crippen LogP contribution >= 0.6 is 0 Å². The highest BCUT2D eigenvalue weighted by atomic mass is 32.2. The van der Waals surface area contributed by atoms with Gasteiger partial charge in [-0.05, 0) is 26.8 Å². The van der Waals surface area contributed by atoms with Gasteiger partial charge in [-0.2, -0.15) is 5.26 Å². The third kappa shape index (κ3) is 5.75. The molecule has 0 aliphatic carbocycles. The van der Waals surface area contributed by atoms with E-state index in [1.807, 2.05) is 17.9 Å². The molecular weight excluding hydrogens is 212 g/mol. The van der Waals surface area contributed by atoms with Crippen molar-refractivity contribution in [3.05, 3.63) is 0 Å². The average Bonchev–Trinajstić information content (AvgIpc) is 2.15. The molecule has 4 nitrogen and oxygen atoms in total. The van der Waals surface area contributed by atoms with E-state index in [0.717, 1.165) is 13.0 Å². The summed E-state index contributed by atoms with van der Waals surface area (Å²) in [6.45, 7) is 6.93. The van der Waals surface area contributed by atoms with Crippen molar-refractivity contribution in [2.75, 3.05) is 25.4 Å². The van der Waals surface area contributed by atoms with Gasteiger partial charge in [-0.25, -0.2) is 8.42 Å². The summed E-state index contributed by atoms with van der Waals surface area (Å²) in [7, 11) is -2.98. The summed E-state index contributed by atoms with van der Waals surface area (Å²) in [5, 5.41) is 8.23. The summed E-state index contributed by atoms with van der Waals surface area (Å²) in [4.78, 5) is 1.87. The van der Waals surface area contributed by atoms with Crippen molar-refractivity contribution in [3.8, 4) is 6.07 Å². The topological polar surface area (TPSA) is 61.2 Å². The number of nitrogens with zero attached hydrogens (tertiary/aromatic N) is 2. The van der Waals surface area contributed by atoms with Crippen LogP contribution in [-0.4, -0.2) is 44.0 Å². The Morgan fingerprint density at radius 3 is 2.33 bits per heavy atom. The van der Waals surface area contributed by atoms with Gasteiger partial charge < -0.3 is 0 Å². The molecule has 88 valence electrons. The molecule has 0 bridgehead atoms. The molecule has 5 heteroatoms. The van der Waals surface area contributed by atoms with Gasteiger partial charge in [-0.1, -0.05) is 6.92 Å². The first-order valence-corrected chi connectivity index (χ1v) is 6.96. The van der Waals surface area contributed by atoms with Crippen molar-refractivity contribution in [3.63, 3.8) is 0 Å². The molecule has 0 aliphatic heterocycles. The molecule has 0 aromatic carbocycles. The molecule has 0 rings (SSSR count). The molecule has 0 fully saturated rings. The summed E-state index contributed by atoms with van der Waals surface area (Å²) >= 11 is 0. The van der Waals surface area contributed by atoms with E-state index >= 15 is 0 Å². The van der Waals surface area contributed by atoms with Crippen LogP contribution < -0.4 is 0 Å². The molecule has 0 radical (unpaired) electrons. The third-order valence-corrected chi connectivity index (χ3v) is 4.43. The lowest BCUT2D eigenvalue weighted by Crippen LogP contribution is -2.32. The SMILES string of the molecule is CCCN(CC#N)CCS(=O)(=O)C(C)C. The standard InChI is InChI=1S/C10H20N2O2S/c1-4-6-12(7-5-11)8-9-15(13,14)10(2)3/h10H,4,6-9H2,1-3H3. The molecular formula is C10H20N2O2S. The minimum absolute atomic E-state index is 0.145. The largest absolute Gasteiger partial charge is 0.290 e. The lowest BCUT2D eigenvalue weighted by molar-refractivity contribution is 0.323. The van der Waals surface area contributed by atoms with Gasteiger partial charge in [-0.15, -0.1) is 0 Å². The molecule has 0 aromatic heterocycles. The molecule has 15 heavy (non-hydrogen) atoms. The zero-order valence-corrected chi connectivity index (χ0v) is 10.5. The predicted molar refractivity (Wildman–Crippen MR) is 61.3 cm³/mol. The van der Waals surface area contributed by atoms with E-state index < -0.39 is 9.84 Å². The second kappa shape index (κ2) is 6.81. The quantitative estimate of drug-likeness (QED) is 0.615. The van der Waals surface area contributed by atoms with Crippen LogP contribution in [0.15, 0.2) is 0 Å². The van der Waals surface area contributed by atoms with Crippen molar-refractivity contribution < 1.29 is 8.42 Å². The van der Waals surface area contributed by atoms with Crippen LogP contribution in [0.3, 0.4) is 0 Å². The molecule has 0 spiro atoms. The molecule has 0 N–H and O–H groups in total. The number of sulfone groups is 1. The highest BCUT2D eigenvalue weighted by Crippen LogP contribution is 2.02. The molecule has 0 atom stereocenters. The average molecular weight is 232 g/mol. The summed E-state index contributed by atoms with van der Waals surface area (Å²) in [5.74, 6) is 0.145. The van der Waals surface area contributed by atoms with E-state index in [1.165, 1.54) is 0 Å². The van der Waals surface area contributed by atoms with Gasteiger partial charge in [0.2, 0.25) is 0 Å². The Kier molecular flexibility index (Phi) is 6.53. The van der Waals surface area contributed by atoms with Gasteiger partial charge in [0, 0.05) is 6.54 Å². The maximum absolute atomic E-state index is 11.5. The Hall–Kier alpha value is -0.600. The molecule has 0 aromatic rings. The highest BCUT2D eigenvalue weighted by Gasteiger charge is 2.17. The number of nitriles is 1. The zero-order chi connectivity index (χ0) is 11.9. The van der Waals surface area contributed by atoms with Gasteiger partial charge >= 0.3 is 0 Å².